The van der Waals surface area contributed by atoms with Crippen LogP contribution in [0.5, 0.6) is 0 Å². The Labute approximate surface area is 107 Å². The van der Waals surface area contributed by atoms with Gasteiger partial charge in [-0.3, -0.25) is 4.79 Å². The van der Waals surface area contributed by atoms with Gasteiger partial charge in [0, 0.05) is 35.6 Å². The first-order valence-electron chi connectivity index (χ1n) is 5.14. The summed E-state index contributed by atoms with van der Waals surface area (Å²) in [5, 5.41) is 4.72. The molecule has 2 aromatic heterocycles. The zero-order chi connectivity index (χ0) is 12.1. The van der Waals surface area contributed by atoms with Crippen LogP contribution in [0.15, 0.2) is 28.4 Å². The first kappa shape index (κ1) is 12.1. The summed E-state index contributed by atoms with van der Waals surface area (Å²) in [6, 6.07) is 1.40. The molecule has 0 aliphatic carbocycles. The predicted octanol–water partition coefficient (Wildman–Crippen LogP) is 1.95. The van der Waals surface area contributed by atoms with Crippen LogP contribution in [0.25, 0.3) is 0 Å². The highest BCUT2D eigenvalue weighted by atomic mass is 32.2. The third kappa shape index (κ3) is 3.57. The third-order valence-electron chi connectivity index (χ3n) is 1.88. The van der Waals surface area contributed by atoms with E-state index in [1.54, 1.807) is 11.3 Å². The summed E-state index contributed by atoms with van der Waals surface area (Å²) in [5.41, 5.74) is -0.125. The lowest BCUT2D eigenvalue weighted by Crippen LogP contribution is -2.05. The molecule has 17 heavy (non-hydrogen) atoms. The second-order valence-electron chi connectivity index (χ2n) is 3.19. The smallest absolute Gasteiger partial charge is 0.251 e. The van der Waals surface area contributed by atoms with Crippen molar-refractivity contribution < 1.29 is 0 Å². The molecule has 5 nitrogen and oxygen atoms in total. The molecule has 2 N–H and O–H groups in total. The van der Waals surface area contributed by atoms with E-state index in [0.29, 0.717) is 5.16 Å². The molecule has 2 rings (SSSR count). The largest absolute Gasteiger partial charge is 0.362 e. The highest BCUT2D eigenvalue weighted by Gasteiger charge is 2.03. The Morgan fingerprint density at radius 1 is 1.53 bits per heavy atom. The van der Waals surface area contributed by atoms with Crippen molar-refractivity contribution in [1.82, 2.24) is 15.0 Å². The molecule has 0 saturated carbocycles. The van der Waals surface area contributed by atoms with Gasteiger partial charge >= 0.3 is 0 Å². The molecule has 0 spiro atoms. The number of H-pyrrole nitrogens is 1. The van der Waals surface area contributed by atoms with E-state index in [1.165, 1.54) is 24.0 Å². The standard InChI is InChI=1S/C10H12N4OS2/c1-2-11-9-13-5-7(17-9)6-16-10-12-4-3-8(15)14-10/h3-5H,2,6H2,1H3,(H,11,13)(H,12,14,15). The van der Waals surface area contributed by atoms with Gasteiger partial charge in [-0.05, 0) is 6.92 Å². The van der Waals surface area contributed by atoms with Gasteiger partial charge in [0.05, 0.1) is 0 Å². The van der Waals surface area contributed by atoms with Gasteiger partial charge < -0.3 is 10.3 Å². The van der Waals surface area contributed by atoms with Crippen molar-refractivity contribution in [2.75, 3.05) is 11.9 Å². The van der Waals surface area contributed by atoms with Crippen LogP contribution in [-0.4, -0.2) is 21.5 Å². The number of thioether (sulfide) groups is 1. The Morgan fingerprint density at radius 3 is 3.18 bits per heavy atom. The van der Waals surface area contributed by atoms with Gasteiger partial charge in [0.1, 0.15) is 0 Å². The normalized spacial score (nSPS) is 10.4. The fraction of sp³-hybridized carbons (Fsp3) is 0.300. The number of aromatic nitrogens is 3. The molecule has 2 aromatic rings. The van der Waals surface area contributed by atoms with Gasteiger partial charge in [0.15, 0.2) is 10.3 Å². The average Bonchev–Trinajstić information content (AvgIpc) is 2.75. The van der Waals surface area contributed by atoms with E-state index in [0.717, 1.165) is 22.3 Å². The molecule has 0 amide bonds. The summed E-state index contributed by atoms with van der Waals surface area (Å²) in [6.45, 7) is 2.90. The minimum Gasteiger partial charge on any atom is -0.362 e. The Balaban J connectivity index is 1.95. The highest BCUT2D eigenvalue weighted by molar-refractivity contribution is 7.98. The van der Waals surface area contributed by atoms with Crippen LogP contribution in [0.2, 0.25) is 0 Å². The van der Waals surface area contributed by atoms with E-state index >= 15 is 0 Å². The first-order chi connectivity index (χ1) is 8.28. The van der Waals surface area contributed by atoms with E-state index in [1.807, 2.05) is 13.1 Å². The molecule has 0 atom stereocenters. The van der Waals surface area contributed by atoms with E-state index in [9.17, 15) is 4.79 Å². The molecule has 7 heteroatoms. The van der Waals surface area contributed by atoms with Gasteiger partial charge in [-0.25, -0.2) is 9.97 Å². The number of thiazole rings is 1. The molecule has 0 aromatic carbocycles. The van der Waals surface area contributed by atoms with Gasteiger partial charge in [0.25, 0.3) is 5.56 Å². The van der Waals surface area contributed by atoms with Crippen molar-refractivity contribution in [3.63, 3.8) is 0 Å². The lowest BCUT2D eigenvalue weighted by atomic mass is 10.6. The SMILES string of the molecule is CCNc1ncc(CSc2nccc(=O)[nH]2)s1. The maximum Gasteiger partial charge on any atom is 0.251 e. The average molecular weight is 268 g/mol. The minimum atomic E-state index is -0.125. The number of nitrogens with zero attached hydrogens (tertiary/aromatic N) is 2. The van der Waals surface area contributed by atoms with Crippen LogP contribution < -0.4 is 10.9 Å². The number of anilines is 1. The molecule has 0 bridgehead atoms. The molecule has 0 radical (unpaired) electrons. The third-order valence-corrected chi connectivity index (χ3v) is 3.95. The van der Waals surface area contributed by atoms with E-state index in [-0.39, 0.29) is 5.56 Å². The van der Waals surface area contributed by atoms with Crippen LogP contribution in [0.1, 0.15) is 11.8 Å². The van der Waals surface area contributed by atoms with Crippen molar-refractivity contribution in [3.8, 4) is 0 Å². The second-order valence-corrected chi connectivity index (χ2v) is 5.27. The summed E-state index contributed by atoms with van der Waals surface area (Å²) in [6.07, 6.45) is 3.36. The van der Waals surface area contributed by atoms with Crippen LogP contribution >= 0.6 is 23.1 Å². The maximum absolute atomic E-state index is 11.1. The first-order valence-corrected chi connectivity index (χ1v) is 6.95. The fourth-order valence-corrected chi connectivity index (χ4v) is 2.92. The molecule has 2 heterocycles. The number of nitrogens with one attached hydrogen (secondary N) is 2. The number of hydrogen-bond donors (Lipinski definition) is 2. The number of hydrogen-bond acceptors (Lipinski definition) is 6. The fourth-order valence-electron chi connectivity index (χ4n) is 1.17. The molecule has 90 valence electrons. The molecule has 0 unspecified atom stereocenters. The molecule has 0 fully saturated rings. The van der Waals surface area contributed by atoms with Crippen molar-refractivity contribution in [3.05, 3.63) is 33.7 Å². The Bertz CT molecular complexity index is 537. The van der Waals surface area contributed by atoms with Gasteiger partial charge in [0.2, 0.25) is 0 Å². The molecular weight excluding hydrogens is 256 g/mol. The quantitative estimate of drug-likeness (QED) is 0.640. The van der Waals surface area contributed by atoms with E-state index < -0.39 is 0 Å². The van der Waals surface area contributed by atoms with Gasteiger partial charge in [-0.15, -0.1) is 11.3 Å². The van der Waals surface area contributed by atoms with Crippen molar-refractivity contribution in [1.29, 1.82) is 0 Å². The molecule has 0 aliphatic rings. The van der Waals surface area contributed by atoms with Crippen LogP contribution in [-0.2, 0) is 5.75 Å². The Kier molecular flexibility index (Phi) is 4.16. The monoisotopic (exact) mass is 268 g/mol. The Hall–Kier alpha value is -1.34. The zero-order valence-electron chi connectivity index (χ0n) is 9.27. The lowest BCUT2D eigenvalue weighted by molar-refractivity contribution is 0.936. The van der Waals surface area contributed by atoms with Crippen LogP contribution in [0.4, 0.5) is 5.13 Å². The second kappa shape index (κ2) is 5.83. The van der Waals surface area contributed by atoms with Gasteiger partial charge in [-0.1, -0.05) is 11.8 Å². The minimum absolute atomic E-state index is 0.125. The van der Waals surface area contributed by atoms with Crippen LogP contribution in [0.3, 0.4) is 0 Å². The summed E-state index contributed by atoms with van der Waals surface area (Å²) < 4.78 is 0. The molecule has 0 aliphatic heterocycles. The topological polar surface area (TPSA) is 70.7 Å². The highest BCUT2D eigenvalue weighted by Crippen LogP contribution is 2.24. The summed E-state index contributed by atoms with van der Waals surface area (Å²) in [5.74, 6) is 0.760. The predicted molar refractivity (Wildman–Crippen MR) is 70.7 cm³/mol. The van der Waals surface area contributed by atoms with Crippen molar-refractivity contribution >= 4 is 28.2 Å². The van der Waals surface area contributed by atoms with Gasteiger partial charge in [-0.2, -0.15) is 0 Å². The van der Waals surface area contributed by atoms with Crippen molar-refractivity contribution in [2.45, 2.75) is 17.8 Å². The van der Waals surface area contributed by atoms with E-state index in [2.05, 4.69) is 20.3 Å². The van der Waals surface area contributed by atoms with Crippen molar-refractivity contribution in [2.24, 2.45) is 0 Å². The number of rotatable bonds is 5. The van der Waals surface area contributed by atoms with Crippen LogP contribution in [0, 0.1) is 0 Å². The Morgan fingerprint density at radius 2 is 2.41 bits per heavy atom. The molecule has 0 saturated heterocycles. The van der Waals surface area contributed by atoms with E-state index in [4.69, 9.17) is 0 Å². The summed E-state index contributed by atoms with van der Waals surface area (Å²) in [7, 11) is 0. The number of aromatic amines is 1. The summed E-state index contributed by atoms with van der Waals surface area (Å²) >= 11 is 3.11. The maximum atomic E-state index is 11.1. The summed E-state index contributed by atoms with van der Waals surface area (Å²) in [4.78, 5) is 23.2. The zero-order valence-corrected chi connectivity index (χ0v) is 10.9. The lowest BCUT2D eigenvalue weighted by Gasteiger charge is -1.97. The molecular formula is C10H12N4OS2.